The van der Waals surface area contributed by atoms with E-state index in [-0.39, 0.29) is 24.4 Å². The van der Waals surface area contributed by atoms with Gasteiger partial charge in [-0.2, -0.15) is 13.2 Å². The Balaban J connectivity index is 1.79. The molecule has 1 saturated carbocycles. The fraction of sp³-hybridized carbons (Fsp3) is 0.619. The van der Waals surface area contributed by atoms with Crippen LogP contribution in [0.2, 0.25) is 0 Å². The summed E-state index contributed by atoms with van der Waals surface area (Å²) in [5.41, 5.74) is -2.03. The molecule has 2 unspecified atom stereocenters. The minimum absolute atomic E-state index is 0.0672. The Morgan fingerprint density at radius 1 is 1.19 bits per heavy atom. The van der Waals surface area contributed by atoms with E-state index in [0.29, 0.717) is 18.9 Å². The molecule has 1 aliphatic heterocycles. The molecule has 2 aliphatic rings. The van der Waals surface area contributed by atoms with Crippen LogP contribution < -0.4 is 5.32 Å². The molecule has 3 atom stereocenters. The Labute approximate surface area is 176 Å². The number of amides is 2. The molecule has 1 aliphatic carbocycles. The van der Waals surface area contributed by atoms with Gasteiger partial charge in [-0.25, -0.2) is 13.6 Å². The van der Waals surface area contributed by atoms with E-state index >= 15 is 0 Å². The molecular weight excluding hydrogens is 423 g/mol. The van der Waals surface area contributed by atoms with Gasteiger partial charge in [-0.3, -0.25) is 9.69 Å². The van der Waals surface area contributed by atoms with Crippen molar-refractivity contribution < 1.29 is 36.3 Å². The number of hydrogen-bond donors (Lipinski definition) is 1. The van der Waals surface area contributed by atoms with Gasteiger partial charge in [-0.15, -0.1) is 0 Å². The summed E-state index contributed by atoms with van der Waals surface area (Å²) in [5, 5.41) is 2.63. The Bertz CT molecular complexity index is 848. The number of ether oxygens (including phenoxy) is 1. The Kier molecular flexibility index (Phi) is 6.21. The second-order valence-electron chi connectivity index (χ2n) is 9.04. The summed E-state index contributed by atoms with van der Waals surface area (Å²) in [6.45, 7) is 4.61. The number of benzene rings is 1. The largest absolute Gasteiger partial charge is 0.444 e. The van der Waals surface area contributed by atoms with Crippen LogP contribution in [0, 0.1) is 11.7 Å². The molecule has 1 aromatic carbocycles. The van der Waals surface area contributed by atoms with Crippen molar-refractivity contribution in [2.24, 2.45) is 5.92 Å². The van der Waals surface area contributed by atoms with E-state index in [1.807, 2.05) is 0 Å². The summed E-state index contributed by atoms with van der Waals surface area (Å²) in [6, 6.07) is 0.161. The van der Waals surface area contributed by atoms with Gasteiger partial charge in [0.2, 0.25) is 5.91 Å². The van der Waals surface area contributed by atoms with Crippen LogP contribution in [0.15, 0.2) is 18.2 Å². The van der Waals surface area contributed by atoms with Gasteiger partial charge in [0.1, 0.15) is 23.6 Å². The maximum atomic E-state index is 14.5. The van der Waals surface area contributed by atoms with E-state index in [0.717, 1.165) is 17.0 Å². The van der Waals surface area contributed by atoms with Crippen LogP contribution in [0.4, 0.5) is 26.7 Å². The van der Waals surface area contributed by atoms with Gasteiger partial charge >= 0.3 is 12.3 Å². The molecule has 2 amide bonds. The second kappa shape index (κ2) is 8.27. The van der Waals surface area contributed by atoms with Gasteiger partial charge in [0, 0.05) is 12.0 Å². The van der Waals surface area contributed by atoms with Crippen molar-refractivity contribution in [3.63, 3.8) is 0 Å². The smallest absolute Gasteiger partial charge is 0.416 e. The Morgan fingerprint density at radius 2 is 1.84 bits per heavy atom. The zero-order valence-corrected chi connectivity index (χ0v) is 17.4. The maximum absolute atomic E-state index is 14.5. The fourth-order valence-corrected chi connectivity index (χ4v) is 3.64. The van der Waals surface area contributed by atoms with Crippen LogP contribution in [0.3, 0.4) is 0 Å². The lowest BCUT2D eigenvalue weighted by Gasteiger charge is -2.29. The average Bonchev–Trinajstić information content (AvgIpc) is 3.38. The third kappa shape index (κ3) is 5.65. The van der Waals surface area contributed by atoms with Crippen LogP contribution in [0.1, 0.15) is 57.2 Å². The highest BCUT2D eigenvalue weighted by Crippen LogP contribution is 2.43. The lowest BCUT2D eigenvalue weighted by Crippen LogP contribution is -2.48. The van der Waals surface area contributed by atoms with Crippen molar-refractivity contribution in [1.29, 1.82) is 0 Å². The van der Waals surface area contributed by atoms with E-state index in [9.17, 15) is 31.5 Å². The summed E-state index contributed by atoms with van der Waals surface area (Å²) in [4.78, 5) is 26.3. The first-order chi connectivity index (χ1) is 14.3. The molecule has 10 heteroatoms. The van der Waals surface area contributed by atoms with Gasteiger partial charge < -0.3 is 10.1 Å². The second-order valence-corrected chi connectivity index (χ2v) is 9.04. The van der Waals surface area contributed by atoms with E-state index in [1.54, 1.807) is 20.8 Å². The number of nitrogens with one attached hydrogen (secondary N) is 1. The third-order valence-corrected chi connectivity index (χ3v) is 5.23. The van der Waals surface area contributed by atoms with Gasteiger partial charge in [-0.1, -0.05) is 6.07 Å². The summed E-state index contributed by atoms with van der Waals surface area (Å²) in [7, 11) is 0. The number of rotatable bonds is 4. The SMILES string of the molecule is CC(C)(C)OC(=O)N1CC(F)CC1C(=O)N[C@@H](c1ccc(C(F)(F)F)cc1F)C1CC1. The number of nitrogens with zero attached hydrogens (tertiary/aromatic N) is 1. The minimum atomic E-state index is -4.69. The zero-order valence-electron chi connectivity index (χ0n) is 17.4. The molecule has 0 spiro atoms. The van der Waals surface area contributed by atoms with E-state index < -0.39 is 53.4 Å². The molecule has 2 fully saturated rings. The number of hydrogen-bond acceptors (Lipinski definition) is 3. The van der Waals surface area contributed by atoms with Crippen LogP contribution in [-0.4, -0.2) is 41.3 Å². The molecule has 172 valence electrons. The van der Waals surface area contributed by atoms with Crippen LogP contribution in [0.5, 0.6) is 0 Å². The molecule has 31 heavy (non-hydrogen) atoms. The van der Waals surface area contributed by atoms with E-state index in [2.05, 4.69) is 5.32 Å². The normalized spacial score (nSPS) is 22.9. The molecule has 1 heterocycles. The van der Waals surface area contributed by atoms with Crippen molar-refractivity contribution in [2.45, 2.75) is 70.1 Å². The van der Waals surface area contributed by atoms with Crippen molar-refractivity contribution >= 4 is 12.0 Å². The number of carbonyl (C=O) groups is 2. The molecule has 5 nitrogen and oxygen atoms in total. The highest BCUT2D eigenvalue weighted by Gasteiger charge is 2.44. The molecule has 0 bridgehead atoms. The molecule has 1 N–H and O–H groups in total. The van der Waals surface area contributed by atoms with Gasteiger partial charge in [0.15, 0.2) is 0 Å². The van der Waals surface area contributed by atoms with Crippen molar-refractivity contribution in [3.8, 4) is 0 Å². The Morgan fingerprint density at radius 3 is 2.35 bits per heavy atom. The summed E-state index contributed by atoms with van der Waals surface area (Å²) >= 11 is 0. The molecule has 0 aromatic heterocycles. The standard InChI is InChI=1S/C21H25F5N2O3/c1-20(2,3)31-19(30)28-10-13(22)9-16(28)18(29)27-17(11-4-5-11)14-7-6-12(8-15(14)23)21(24,25)26/h6-8,11,13,16-17H,4-5,9-10H2,1-3H3,(H,27,29)/t13?,16?,17-/m1/s1. The summed E-state index contributed by atoms with van der Waals surface area (Å²) < 4.78 is 72.3. The molecule has 0 radical (unpaired) electrons. The lowest BCUT2D eigenvalue weighted by molar-refractivity contribution is -0.137. The first-order valence-electron chi connectivity index (χ1n) is 10.1. The fourth-order valence-electron chi connectivity index (χ4n) is 3.64. The predicted molar refractivity (Wildman–Crippen MR) is 101 cm³/mol. The highest BCUT2D eigenvalue weighted by molar-refractivity contribution is 5.86. The summed E-state index contributed by atoms with van der Waals surface area (Å²) in [6.07, 6.45) is -5.86. The monoisotopic (exact) mass is 448 g/mol. The highest BCUT2D eigenvalue weighted by atomic mass is 19.4. The Hall–Kier alpha value is -2.39. The molecule has 1 aromatic rings. The van der Waals surface area contributed by atoms with Crippen LogP contribution in [0.25, 0.3) is 0 Å². The average molecular weight is 448 g/mol. The number of carbonyl (C=O) groups excluding carboxylic acids is 2. The number of likely N-dealkylation sites (tertiary alicyclic amines) is 1. The molecule has 3 rings (SSSR count). The van der Waals surface area contributed by atoms with Gasteiger partial charge in [-0.05, 0) is 51.7 Å². The number of alkyl halides is 4. The van der Waals surface area contributed by atoms with Gasteiger partial charge in [0.25, 0.3) is 0 Å². The van der Waals surface area contributed by atoms with Crippen LogP contribution in [-0.2, 0) is 15.7 Å². The molecule has 1 saturated heterocycles. The lowest BCUT2D eigenvalue weighted by atomic mass is 9.99. The van der Waals surface area contributed by atoms with E-state index in [4.69, 9.17) is 4.74 Å². The maximum Gasteiger partial charge on any atom is 0.416 e. The zero-order chi connectivity index (χ0) is 23.1. The van der Waals surface area contributed by atoms with Crippen LogP contribution >= 0.6 is 0 Å². The predicted octanol–water partition coefficient (Wildman–Crippen LogP) is 4.76. The summed E-state index contributed by atoms with van der Waals surface area (Å²) in [5.74, 6) is -1.92. The number of halogens is 5. The quantitative estimate of drug-likeness (QED) is 0.676. The topological polar surface area (TPSA) is 58.6 Å². The van der Waals surface area contributed by atoms with Gasteiger partial charge in [0.05, 0.1) is 18.2 Å². The minimum Gasteiger partial charge on any atom is -0.444 e. The first kappa shape index (κ1) is 23.3. The third-order valence-electron chi connectivity index (χ3n) is 5.23. The first-order valence-corrected chi connectivity index (χ1v) is 10.1. The van der Waals surface area contributed by atoms with Crippen molar-refractivity contribution in [2.75, 3.05) is 6.54 Å². The molecular formula is C21H25F5N2O3. The van der Waals surface area contributed by atoms with Crippen molar-refractivity contribution in [1.82, 2.24) is 10.2 Å². The van der Waals surface area contributed by atoms with E-state index in [1.165, 1.54) is 0 Å². The van der Waals surface area contributed by atoms with Crippen molar-refractivity contribution in [3.05, 3.63) is 35.1 Å².